The maximum Gasteiger partial charge on any atom is 0.126 e. The lowest BCUT2D eigenvalue weighted by Gasteiger charge is -2.24. The first-order valence-electron chi connectivity index (χ1n) is 5.97. The highest BCUT2D eigenvalue weighted by molar-refractivity contribution is 5.45. The number of hydrogen-bond acceptors (Lipinski definition) is 1. The van der Waals surface area contributed by atoms with Gasteiger partial charge in [-0.3, -0.25) is 0 Å². The van der Waals surface area contributed by atoms with Crippen LogP contribution in [0.3, 0.4) is 0 Å². The molecule has 0 saturated carbocycles. The van der Waals surface area contributed by atoms with Crippen molar-refractivity contribution in [1.82, 2.24) is 0 Å². The van der Waals surface area contributed by atoms with E-state index in [2.05, 4.69) is 0 Å². The largest absolute Gasteiger partial charge is 0.380 e. The second kappa shape index (κ2) is 4.10. The number of rotatable bonds is 1. The number of hydrogen-bond donors (Lipinski definition) is 1. The van der Waals surface area contributed by atoms with Crippen molar-refractivity contribution in [3.05, 3.63) is 70.5 Å². The lowest BCUT2D eigenvalue weighted by molar-refractivity contribution is 0.0822. The summed E-state index contributed by atoms with van der Waals surface area (Å²) in [5.74, 6) is -1.91. The summed E-state index contributed by atoms with van der Waals surface area (Å²) in [6.45, 7) is 0. The first-order valence-corrected chi connectivity index (χ1v) is 5.97. The summed E-state index contributed by atoms with van der Waals surface area (Å²) in [6, 6.07) is 7.31. The molecule has 19 heavy (non-hydrogen) atoms. The van der Waals surface area contributed by atoms with E-state index in [1.807, 2.05) is 0 Å². The highest BCUT2D eigenvalue weighted by Crippen LogP contribution is 2.43. The van der Waals surface area contributed by atoms with Crippen molar-refractivity contribution in [2.45, 2.75) is 18.4 Å². The van der Waals surface area contributed by atoms with Gasteiger partial charge in [-0.1, -0.05) is 12.1 Å². The molecule has 0 saturated heterocycles. The maximum absolute atomic E-state index is 13.6. The molecule has 0 spiro atoms. The first kappa shape index (κ1) is 12.2. The Morgan fingerprint density at radius 2 is 1.68 bits per heavy atom. The van der Waals surface area contributed by atoms with Crippen LogP contribution in [-0.2, 0) is 12.0 Å². The normalized spacial score (nSPS) is 21.5. The predicted octanol–water partition coefficient (Wildman–Crippen LogP) is 3.29. The van der Waals surface area contributed by atoms with E-state index in [1.54, 1.807) is 6.07 Å². The van der Waals surface area contributed by atoms with Crippen molar-refractivity contribution < 1.29 is 18.3 Å². The Morgan fingerprint density at radius 3 is 2.37 bits per heavy atom. The van der Waals surface area contributed by atoms with Crippen LogP contribution >= 0.6 is 0 Å². The molecule has 0 aromatic heterocycles. The van der Waals surface area contributed by atoms with Crippen LogP contribution in [0.4, 0.5) is 13.2 Å². The van der Waals surface area contributed by atoms with E-state index in [0.29, 0.717) is 17.5 Å². The van der Waals surface area contributed by atoms with Crippen molar-refractivity contribution >= 4 is 0 Å². The zero-order valence-corrected chi connectivity index (χ0v) is 9.96. The third-order valence-corrected chi connectivity index (χ3v) is 3.64. The summed E-state index contributed by atoms with van der Waals surface area (Å²) in [4.78, 5) is 0. The second-order valence-corrected chi connectivity index (χ2v) is 4.78. The van der Waals surface area contributed by atoms with Crippen molar-refractivity contribution in [2.24, 2.45) is 0 Å². The average molecular weight is 264 g/mol. The van der Waals surface area contributed by atoms with Gasteiger partial charge in [-0.15, -0.1) is 0 Å². The molecule has 1 N–H and O–H groups in total. The van der Waals surface area contributed by atoms with Crippen LogP contribution in [-0.4, -0.2) is 5.11 Å². The molecule has 3 rings (SSSR count). The number of benzene rings is 2. The van der Waals surface area contributed by atoms with Crippen molar-refractivity contribution in [2.75, 3.05) is 0 Å². The molecule has 0 fully saturated rings. The van der Waals surface area contributed by atoms with Crippen LogP contribution in [0.15, 0.2) is 36.4 Å². The predicted molar refractivity (Wildman–Crippen MR) is 64.1 cm³/mol. The van der Waals surface area contributed by atoms with Gasteiger partial charge in [0, 0.05) is 6.07 Å². The quantitative estimate of drug-likeness (QED) is 0.838. The molecule has 1 unspecified atom stereocenters. The smallest absolute Gasteiger partial charge is 0.126 e. The molecule has 1 nitrogen and oxygen atoms in total. The van der Waals surface area contributed by atoms with Gasteiger partial charge in [0.1, 0.15) is 23.1 Å². The molecule has 0 amide bonds. The van der Waals surface area contributed by atoms with Crippen LogP contribution in [0.2, 0.25) is 0 Å². The SMILES string of the molecule is OC1(c2cc(F)cc(F)c2)CCc2c(F)cccc21. The van der Waals surface area contributed by atoms with E-state index >= 15 is 0 Å². The van der Waals surface area contributed by atoms with Crippen molar-refractivity contribution in [3.63, 3.8) is 0 Å². The molecule has 4 heteroatoms. The van der Waals surface area contributed by atoms with Crippen LogP contribution in [0.5, 0.6) is 0 Å². The van der Waals surface area contributed by atoms with Gasteiger partial charge in [0.2, 0.25) is 0 Å². The summed E-state index contributed by atoms with van der Waals surface area (Å²) in [7, 11) is 0. The van der Waals surface area contributed by atoms with Crippen LogP contribution in [0.25, 0.3) is 0 Å². The molecular weight excluding hydrogens is 253 g/mol. The Morgan fingerprint density at radius 1 is 1.00 bits per heavy atom. The standard InChI is InChI=1S/C15H11F3O/c16-10-6-9(7-11(17)8-10)15(19)5-4-12-13(15)2-1-3-14(12)18/h1-3,6-8,19H,4-5H2. The molecule has 2 aromatic carbocycles. The lowest BCUT2D eigenvalue weighted by atomic mass is 9.88. The number of aliphatic hydroxyl groups is 1. The number of halogens is 3. The number of fused-ring (bicyclic) bond motifs is 1. The molecule has 0 bridgehead atoms. The first-order chi connectivity index (χ1) is 9.00. The molecule has 0 aliphatic heterocycles. The van der Waals surface area contributed by atoms with Gasteiger partial charge in [0.25, 0.3) is 0 Å². The van der Waals surface area contributed by atoms with E-state index < -0.39 is 23.1 Å². The van der Waals surface area contributed by atoms with Crippen LogP contribution < -0.4 is 0 Å². The Kier molecular flexibility index (Phi) is 2.64. The third-order valence-electron chi connectivity index (χ3n) is 3.64. The van der Waals surface area contributed by atoms with Gasteiger partial charge in [0.15, 0.2) is 0 Å². The monoisotopic (exact) mass is 264 g/mol. The maximum atomic E-state index is 13.6. The Bertz CT molecular complexity index is 634. The Labute approximate surface area is 108 Å². The van der Waals surface area contributed by atoms with Crippen molar-refractivity contribution in [1.29, 1.82) is 0 Å². The molecule has 1 aliphatic carbocycles. The summed E-state index contributed by atoms with van der Waals surface area (Å²) < 4.78 is 40.2. The third kappa shape index (κ3) is 1.83. The van der Waals surface area contributed by atoms with E-state index in [1.165, 1.54) is 12.1 Å². The molecule has 0 radical (unpaired) electrons. The molecule has 2 aromatic rings. The Balaban J connectivity index is 2.19. The zero-order chi connectivity index (χ0) is 13.6. The van der Waals surface area contributed by atoms with Crippen LogP contribution in [0.1, 0.15) is 23.1 Å². The van der Waals surface area contributed by atoms with E-state index in [0.717, 1.165) is 18.2 Å². The highest BCUT2D eigenvalue weighted by atomic mass is 19.1. The zero-order valence-electron chi connectivity index (χ0n) is 9.96. The van der Waals surface area contributed by atoms with E-state index in [9.17, 15) is 18.3 Å². The molecule has 1 aliphatic rings. The second-order valence-electron chi connectivity index (χ2n) is 4.78. The lowest BCUT2D eigenvalue weighted by Crippen LogP contribution is -2.24. The summed E-state index contributed by atoms with van der Waals surface area (Å²) in [5.41, 5.74) is -0.609. The van der Waals surface area contributed by atoms with Crippen LogP contribution in [0, 0.1) is 17.5 Å². The Hall–Kier alpha value is -1.81. The fourth-order valence-corrected chi connectivity index (χ4v) is 2.73. The van der Waals surface area contributed by atoms with Gasteiger partial charge in [-0.05, 0) is 47.7 Å². The van der Waals surface area contributed by atoms with Gasteiger partial charge in [0.05, 0.1) is 0 Å². The molecule has 0 heterocycles. The summed E-state index contributed by atoms with van der Waals surface area (Å²) >= 11 is 0. The van der Waals surface area contributed by atoms with E-state index in [-0.39, 0.29) is 12.0 Å². The molecule has 1 atom stereocenters. The fourth-order valence-electron chi connectivity index (χ4n) is 2.73. The minimum atomic E-state index is -1.53. The summed E-state index contributed by atoms with van der Waals surface area (Å²) in [6.07, 6.45) is 0.558. The average Bonchev–Trinajstić information content (AvgIpc) is 2.69. The van der Waals surface area contributed by atoms with Gasteiger partial charge in [-0.2, -0.15) is 0 Å². The van der Waals surface area contributed by atoms with Crippen molar-refractivity contribution in [3.8, 4) is 0 Å². The van der Waals surface area contributed by atoms with Gasteiger partial charge in [-0.25, -0.2) is 13.2 Å². The molecular formula is C15H11F3O. The van der Waals surface area contributed by atoms with Gasteiger partial charge >= 0.3 is 0 Å². The minimum absolute atomic E-state index is 0.120. The minimum Gasteiger partial charge on any atom is -0.380 e. The van der Waals surface area contributed by atoms with Gasteiger partial charge < -0.3 is 5.11 Å². The highest BCUT2D eigenvalue weighted by Gasteiger charge is 2.40. The fraction of sp³-hybridized carbons (Fsp3) is 0.200. The van der Waals surface area contributed by atoms with E-state index in [4.69, 9.17) is 0 Å². The summed E-state index contributed by atoms with van der Waals surface area (Å²) in [5, 5.41) is 10.7. The molecule has 98 valence electrons. The topological polar surface area (TPSA) is 20.2 Å².